The van der Waals surface area contributed by atoms with Gasteiger partial charge in [-0.2, -0.15) is 0 Å². The van der Waals surface area contributed by atoms with Crippen molar-refractivity contribution < 1.29 is 9.53 Å². The predicted octanol–water partition coefficient (Wildman–Crippen LogP) is 5.66. The first-order chi connectivity index (χ1) is 14.7. The number of ether oxygens (including phenoxy) is 1. The van der Waals surface area contributed by atoms with Crippen LogP contribution in [0.2, 0.25) is 0 Å². The number of pyridine rings is 1. The third kappa shape index (κ3) is 4.70. The van der Waals surface area contributed by atoms with Crippen molar-refractivity contribution in [3.05, 3.63) is 84.7 Å². The molecule has 1 aliphatic rings. The van der Waals surface area contributed by atoms with Crippen LogP contribution >= 0.6 is 0 Å². The molecule has 1 fully saturated rings. The molecule has 2 atom stereocenters. The van der Waals surface area contributed by atoms with Crippen molar-refractivity contribution >= 4 is 5.91 Å². The number of aromatic nitrogens is 1. The fourth-order valence-electron chi connectivity index (χ4n) is 4.15. The van der Waals surface area contributed by atoms with Crippen LogP contribution in [0.15, 0.2) is 79.1 Å². The van der Waals surface area contributed by atoms with Crippen LogP contribution in [-0.2, 0) is 4.79 Å². The SMILES string of the molecule is CC(Oc1ccc(-c2ccccc2)cc1)C(=O)N1CCCCCC1c1ccncc1. The Labute approximate surface area is 178 Å². The van der Waals surface area contributed by atoms with E-state index in [0.29, 0.717) is 5.75 Å². The summed E-state index contributed by atoms with van der Waals surface area (Å²) in [6.45, 7) is 2.62. The summed E-state index contributed by atoms with van der Waals surface area (Å²) in [7, 11) is 0. The van der Waals surface area contributed by atoms with Crippen LogP contribution in [0.3, 0.4) is 0 Å². The molecular formula is C26H28N2O2. The first kappa shape index (κ1) is 20.1. The summed E-state index contributed by atoms with van der Waals surface area (Å²) in [6, 6.07) is 22.3. The number of rotatable bonds is 5. The molecule has 30 heavy (non-hydrogen) atoms. The minimum atomic E-state index is -0.532. The average molecular weight is 401 g/mol. The molecule has 4 heteroatoms. The smallest absolute Gasteiger partial charge is 0.263 e. The van der Waals surface area contributed by atoms with Gasteiger partial charge in [0.15, 0.2) is 6.10 Å². The summed E-state index contributed by atoms with van der Waals surface area (Å²) in [5, 5.41) is 0. The third-order valence-corrected chi connectivity index (χ3v) is 5.75. The van der Waals surface area contributed by atoms with Gasteiger partial charge in [0.25, 0.3) is 5.91 Å². The highest BCUT2D eigenvalue weighted by Gasteiger charge is 2.30. The van der Waals surface area contributed by atoms with Gasteiger partial charge >= 0.3 is 0 Å². The molecule has 1 amide bonds. The van der Waals surface area contributed by atoms with Crippen LogP contribution in [0, 0.1) is 0 Å². The zero-order valence-electron chi connectivity index (χ0n) is 17.4. The molecule has 154 valence electrons. The molecule has 0 bridgehead atoms. The minimum Gasteiger partial charge on any atom is -0.481 e. The normalized spacial score (nSPS) is 17.8. The fourth-order valence-corrected chi connectivity index (χ4v) is 4.15. The number of nitrogens with zero attached hydrogens (tertiary/aromatic N) is 2. The van der Waals surface area contributed by atoms with Crippen molar-refractivity contribution in [2.24, 2.45) is 0 Å². The topological polar surface area (TPSA) is 42.4 Å². The van der Waals surface area contributed by atoms with Gasteiger partial charge in [-0.05, 0) is 60.7 Å². The van der Waals surface area contributed by atoms with E-state index in [0.717, 1.165) is 48.9 Å². The second kappa shape index (κ2) is 9.57. The fraction of sp³-hybridized carbons (Fsp3) is 0.308. The van der Waals surface area contributed by atoms with Gasteiger partial charge < -0.3 is 9.64 Å². The van der Waals surface area contributed by atoms with E-state index < -0.39 is 6.10 Å². The lowest BCUT2D eigenvalue weighted by atomic mass is 10.0. The average Bonchev–Trinajstić information content (AvgIpc) is 3.06. The molecule has 0 aliphatic carbocycles. The number of carbonyl (C=O) groups excluding carboxylic acids is 1. The lowest BCUT2D eigenvalue weighted by Gasteiger charge is -2.32. The largest absolute Gasteiger partial charge is 0.481 e. The molecule has 0 saturated carbocycles. The standard InChI is InChI=1S/C26H28N2O2/c1-20(30-24-13-11-22(12-14-24)21-8-4-2-5-9-21)26(29)28-19-7-3-6-10-25(28)23-15-17-27-18-16-23/h2,4-5,8-9,11-18,20,25H,3,6-7,10,19H2,1H3. The Bertz CT molecular complexity index is 942. The van der Waals surface area contributed by atoms with Crippen molar-refractivity contribution in [3.63, 3.8) is 0 Å². The van der Waals surface area contributed by atoms with Gasteiger partial charge in [0.2, 0.25) is 0 Å². The molecule has 2 heterocycles. The Morgan fingerprint density at radius 2 is 1.63 bits per heavy atom. The Balaban J connectivity index is 1.46. The molecule has 4 nitrogen and oxygen atoms in total. The highest BCUT2D eigenvalue weighted by atomic mass is 16.5. The summed E-state index contributed by atoms with van der Waals surface area (Å²) in [6.07, 6.45) is 7.37. The Morgan fingerprint density at radius 3 is 2.37 bits per heavy atom. The number of likely N-dealkylation sites (tertiary alicyclic amines) is 1. The zero-order chi connectivity index (χ0) is 20.8. The Hall–Kier alpha value is -3.14. The molecule has 1 aromatic heterocycles. The van der Waals surface area contributed by atoms with Crippen LogP contribution in [0.1, 0.15) is 44.2 Å². The first-order valence-corrected chi connectivity index (χ1v) is 10.7. The van der Waals surface area contributed by atoms with Crippen LogP contribution in [0.4, 0.5) is 0 Å². The monoisotopic (exact) mass is 400 g/mol. The summed E-state index contributed by atoms with van der Waals surface area (Å²) < 4.78 is 6.04. The van der Waals surface area contributed by atoms with Crippen molar-refractivity contribution in [1.82, 2.24) is 9.88 Å². The molecule has 0 N–H and O–H groups in total. The maximum atomic E-state index is 13.3. The van der Waals surface area contributed by atoms with Gasteiger partial charge in [0.1, 0.15) is 5.75 Å². The minimum absolute atomic E-state index is 0.0471. The summed E-state index contributed by atoms with van der Waals surface area (Å²) in [5.41, 5.74) is 3.45. The van der Waals surface area contributed by atoms with Crippen molar-refractivity contribution in [1.29, 1.82) is 0 Å². The summed E-state index contributed by atoms with van der Waals surface area (Å²) in [5.74, 6) is 0.761. The van der Waals surface area contributed by atoms with Gasteiger partial charge in [0.05, 0.1) is 6.04 Å². The Morgan fingerprint density at radius 1 is 0.933 bits per heavy atom. The molecular weight excluding hydrogens is 372 g/mol. The van der Waals surface area contributed by atoms with E-state index in [4.69, 9.17) is 4.74 Å². The molecule has 0 radical (unpaired) electrons. The van der Waals surface area contributed by atoms with E-state index in [1.165, 1.54) is 0 Å². The summed E-state index contributed by atoms with van der Waals surface area (Å²) in [4.78, 5) is 19.4. The zero-order valence-corrected chi connectivity index (χ0v) is 17.4. The van der Waals surface area contributed by atoms with Crippen LogP contribution in [-0.4, -0.2) is 28.4 Å². The molecule has 1 aliphatic heterocycles. The molecule has 2 unspecified atom stereocenters. The first-order valence-electron chi connectivity index (χ1n) is 10.7. The molecule has 3 aromatic rings. The number of amides is 1. The van der Waals surface area contributed by atoms with Crippen molar-refractivity contribution in [2.45, 2.75) is 44.8 Å². The van der Waals surface area contributed by atoms with E-state index in [1.807, 2.05) is 66.4 Å². The van der Waals surface area contributed by atoms with E-state index in [9.17, 15) is 4.79 Å². The third-order valence-electron chi connectivity index (χ3n) is 5.75. The van der Waals surface area contributed by atoms with Crippen molar-refractivity contribution in [2.75, 3.05) is 6.54 Å². The highest BCUT2D eigenvalue weighted by molar-refractivity contribution is 5.81. The number of carbonyl (C=O) groups is 1. The number of benzene rings is 2. The van der Waals surface area contributed by atoms with Crippen LogP contribution in [0.25, 0.3) is 11.1 Å². The molecule has 1 saturated heterocycles. The van der Waals surface area contributed by atoms with Gasteiger partial charge in [-0.3, -0.25) is 9.78 Å². The lowest BCUT2D eigenvalue weighted by Crippen LogP contribution is -2.42. The lowest BCUT2D eigenvalue weighted by molar-refractivity contribution is -0.140. The van der Waals surface area contributed by atoms with Crippen LogP contribution in [0.5, 0.6) is 5.75 Å². The van der Waals surface area contributed by atoms with Crippen molar-refractivity contribution in [3.8, 4) is 16.9 Å². The quantitative estimate of drug-likeness (QED) is 0.555. The van der Waals surface area contributed by atoms with Crippen LogP contribution < -0.4 is 4.74 Å². The van der Waals surface area contributed by atoms with Gasteiger partial charge in [-0.25, -0.2) is 0 Å². The second-order valence-electron chi connectivity index (χ2n) is 7.83. The van der Waals surface area contributed by atoms with Gasteiger partial charge in [-0.1, -0.05) is 55.3 Å². The van der Waals surface area contributed by atoms with Gasteiger partial charge in [-0.15, -0.1) is 0 Å². The van der Waals surface area contributed by atoms with E-state index in [-0.39, 0.29) is 11.9 Å². The molecule has 2 aromatic carbocycles. The maximum absolute atomic E-state index is 13.3. The Kier molecular flexibility index (Phi) is 6.43. The maximum Gasteiger partial charge on any atom is 0.263 e. The van der Waals surface area contributed by atoms with E-state index in [1.54, 1.807) is 12.4 Å². The highest BCUT2D eigenvalue weighted by Crippen LogP contribution is 2.31. The second-order valence-corrected chi connectivity index (χ2v) is 7.83. The van der Waals surface area contributed by atoms with E-state index >= 15 is 0 Å². The molecule has 0 spiro atoms. The van der Waals surface area contributed by atoms with E-state index in [2.05, 4.69) is 17.1 Å². The predicted molar refractivity (Wildman–Crippen MR) is 119 cm³/mol. The van der Waals surface area contributed by atoms with Gasteiger partial charge in [0, 0.05) is 18.9 Å². The number of hydrogen-bond acceptors (Lipinski definition) is 3. The molecule has 4 rings (SSSR count). The number of hydrogen-bond donors (Lipinski definition) is 0. The summed E-state index contributed by atoms with van der Waals surface area (Å²) >= 11 is 0.